The van der Waals surface area contributed by atoms with Gasteiger partial charge in [0.2, 0.25) is 0 Å². The second kappa shape index (κ2) is 12.3. The van der Waals surface area contributed by atoms with Gasteiger partial charge < -0.3 is 14.6 Å². The zero-order chi connectivity index (χ0) is 28.0. The lowest BCUT2D eigenvalue weighted by Gasteiger charge is -2.42. The second-order valence-electron chi connectivity index (χ2n) is 11.4. The van der Waals surface area contributed by atoms with Crippen molar-refractivity contribution < 1.29 is 19.4 Å². The van der Waals surface area contributed by atoms with Crippen LogP contribution in [-0.4, -0.2) is 51.0 Å². The van der Waals surface area contributed by atoms with E-state index in [1.807, 2.05) is 94.4 Å². The van der Waals surface area contributed by atoms with E-state index >= 15 is 0 Å². The Bertz CT molecular complexity index is 1130. The van der Waals surface area contributed by atoms with Crippen molar-refractivity contribution in [3.05, 3.63) is 108 Å². The van der Waals surface area contributed by atoms with Gasteiger partial charge >= 0.3 is 6.09 Å². The van der Waals surface area contributed by atoms with Gasteiger partial charge in [-0.25, -0.2) is 4.79 Å². The van der Waals surface area contributed by atoms with E-state index in [4.69, 9.17) is 9.47 Å². The van der Waals surface area contributed by atoms with Gasteiger partial charge in [-0.1, -0.05) is 97.9 Å². The molecule has 1 fully saturated rings. The zero-order valence-corrected chi connectivity index (χ0v) is 23.8. The maximum absolute atomic E-state index is 13.9. The molecule has 1 aliphatic heterocycles. The quantitative estimate of drug-likeness (QED) is 0.322. The number of carbonyl (C=O) groups is 1. The van der Waals surface area contributed by atoms with Crippen molar-refractivity contribution in [2.45, 2.75) is 83.6 Å². The number of amides is 1. The summed E-state index contributed by atoms with van der Waals surface area (Å²) in [5.74, 6) is 0. The molecule has 0 aliphatic carbocycles. The first-order valence-electron chi connectivity index (χ1n) is 13.8. The molecule has 0 spiro atoms. The molecular weight excluding hydrogens is 488 g/mol. The topological polar surface area (TPSA) is 62.2 Å². The molecule has 6 heteroatoms. The maximum atomic E-state index is 13.9. The fourth-order valence-corrected chi connectivity index (χ4v) is 5.67. The minimum absolute atomic E-state index is 0.265. The third-order valence-electron chi connectivity index (χ3n) is 7.52. The van der Waals surface area contributed by atoms with Crippen molar-refractivity contribution in [2.75, 3.05) is 6.61 Å². The van der Waals surface area contributed by atoms with E-state index in [0.29, 0.717) is 31.7 Å². The van der Waals surface area contributed by atoms with Gasteiger partial charge in [-0.15, -0.1) is 0 Å². The van der Waals surface area contributed by atoms with Crippen LogP contribution in [-0.2, 0) is 22.6 Å². The lowest BCUT2D eigenvalue weighted by molar-refractivity contribution is -0.0932. The number of nitrogens with zero attached hydrogens (tertiary/aromatic N) is 2. The molecule has 0 unspecified atom stereocenters. The van der Waals surface area contributed by atoms with Gasteiger partial charge in [0.1, 0.15) is 17.9 Å². The predicted octanol–water partition coefficient (Wildman–Crippen LogP) is 6.55. The summed E-state index contributed by atoms with van der Waals surface area (Å²) in [5.41, 5.74) is 1.66. The molecule has 6 nitrogen and oxygen atoms in total. The van der Waals surface area contributed by atoms with Crippen LogP contribution < -0.4 is 0 Å². The van der Waals surface area contributed by atoms with E-state index in [1.165, 1.54) is 0 Å². The SMILES string of the molecule is CC[C@H]([C@H](OC(=O)N1C(C)(C)COC1(C)C)[C@@H](O)c1ccccc1)N(Cc1ccccc1)Cc1ccccc1. The summed E-state index contributed by atoms with van der Waals surface area (Å²) in [6.45, 7) is 11.5. The highest BCUT2D eigenvalue weighted by Gasteiger charge is 2.51. The smallest absolute Gasteiger partial charge is 0.413 e. The lowest BCUT2D eigenvalue weighted by Crippen LogP contribution is -2.56. The maximum Gasteiger partial charge on any atom is 0.413 e. The van der Waals surface area contributed by atoms with Crippen molar-refractivity contribution in [2.24, 2.45) is 0 Å². The average Bonchev–Trinajstić information content (AvgIpc) is 3.16. The molecular formula is C33H42N2O4. The molecule has 0 bridgehead atoms. The Morgan fingerprint density at radius 3 is 1.82 bits per heavy atom. The van der Waals surface area contributed by atoms with Crippen LogP contribution in [0.3, 0.4) is 0 Å². The number of rotatable bonds is 10. The Hall–Kier alpha value is -3.19. The van der Waals surface area contributed by atoms with Crippen molar-refractivity contribution in [1.82, 2.24) is 9.80 Å². The molecule has 0 aromatic heterocycles. The number of hydrogen-bond acceptors (Lipinski definition) is 5. The number of aliphatic hydroxyl groups is 1. The Morgan fingerprint density at radius 1 is 0.897 bits per heavy atom. The van der Waals surface area contributed by atoms with E-state index in [9.17, 15) is 9.90 Å². The normalized spacial score (nSPS) is 18.5. The van der Waals surface area contributed by atoms with Crippen LogP contribution in [0.2, 0.25) is 0 Å². The van der Waals surface area contributed by atoms with E-state index in [0.717, 1.165) is 11.1 Å². The summed E-state index contributed by atoms with van der Waals surface area (Å²) in [6.07, 6.45) is -1.64. The Labute approximate surface area is 233 Å². The molecule has 3 aromatic carbocycles. The average molecular weight is 531 g/mol. The zero-order valence-electron chi connectivity index (χ0n) is 23.8. The minimum atomic E-state index is -1.01. The third-order valence-corrected chi connectivity index (χ3v) is 7.52. The molecule has 1 N–H and O–H groups in total. The first kappa shape index (κ1) is 28.8. The Kier molecular flexibility index (Phi) is 9.11. The van der Waals surface area contributed by atoms with E-state index in [2.05, 4.69) is 36.1 Å². The molecule has 1 heterocycles. The van der Waals surface area contributed by atoms with E-state index < -0.39 is 29.6 Å². The molecule has 1 amide bonds. The fraction of sp³-hybridized carbons (Fsp3) is 0.424. The van der Waals surface area contributed by atoms with Gasteiger partial charge in [-0.3, -0.25) is 9.80 Å². The molecule has 39 heavy (non-hydrogen) atoms. The minimum Gasteiger partial charge on any atom is -0.441 e. The number of hydrogen-bond donors (Lipinski definition) is 1. The molecule has 208 valence electrons. The number of benzene rings is 3. The monoisotopic (exact) mass is 530 g/mol. The summed E-state index contributed by atoms with van der Waals surface area (Å²) in [7, 11) is 0. The molecule has 1 saturated heterocycles. The highest BCUT2D eigenvalue weighted by Crippen LogP contribution is 2.37. The van der Waals surface area contributed by atoms with Crippen LogP contribution in [0.1, 0.15) is 63.8 Å². The summed E-state index contributed by atoms with van der Waals surface area (Å²) >= 11 is 0. The van der Waals surface area contributed by atoms with Crippen LogP contribution in [0.25, 0.3) is 0 Å². The standard InChI is InChI=1S/C33H42N2O4/c1-6-28(34(22-25-16-10-7-11-17-25)23-26-18-12-8-13-19-26)30(29(36)27-20-14-9-15-21-27)39-31(37)35-32(2,3)24-38-33(35,4)5/h7-21,28-30,36H,6,22-24H2,1-5H3/t28-,29+,30+/m1/s1. The first-order chi connectivity index (χ1) is 18.6. The highest BCUT2D eigenvalue weighted by molar-refractivity contribution is 5.70. The molecule has 0 saturated carbocycles. The lowest BCUT2D eigenvalue weighted by atomic mass is 9.94. The van der Waals surface area contributed by atoms with Crippen molar-refractivity contribution >= 4 is 6.09 Å². The van der Waals surface area contributed by atoms with Crippen molar-refractivity contribution in [1.29, 1.82) is 0 Å². The van der Waals surface area contributed by atoms with E-state index in [1.54, 1.807) is 4.90 Å². The Balaban J connectivity index is 1.72. The third kappa shape index (κ3) is 6.88. The molecule has 3 atom stereocenters. The van der Waals surface area contributed by atoms with E-state index in [-0.39, 0.29) is 6.04 Å². The Morgan fingerprint density at radius 2 is 1.38 bits per heavy atom. The van der Waals surface area contributed by atoms with Gasteiger partial charge in [-0.05, 0) is 50.8 Å². The first-order valence-corrected chi connectivity index (χ1v) is 13.8. The van der Waals surface area contributed by atoms with Crippen LogP contribution in [0.4, 0.5) is 4.79 Å². The van der Waals surface area contributed by atoms with Crippen LogP contribution >= 0.6 is 0 Å². The number of aliphatic hydroxyl groups excluding tert-OH is 1. The summed E-state index contributed by atoms with van der Waals surface area (Å²) in [4.78, 5) is 17.9. The van der Waals surface area contributed by atoms with Gasteiger partial charge in [0, 0.05) is 13.1 Å². The highest BCUT2D eigenvalue weighted by atomic mass is 16.6. The van der Waals surface area contributed by atoms with Crippen LogP contribution in [0, 0.1) is 0 Å². The molecule has 4 rings (SSSR count). The number of carbonyl (C=O) groups excluding carboxylic acids is 1. The van der Waals surface area contributed by atoms with Gasteiger partial charge in [0.05, 0.1) is 18.2 Å². The number of ether oxygens (including phenoxy) is 2. The van der Waals surface area contributed by atoms with Gasteiger partial charge in [-0.2, -0.15) is 0 Å². The molecule has 1 aliphatic rings. The van der Waals surface area contributed by atoms with Gasteiger partial charge in [0.15, 0.2) is 0 Å². The summed E-state index contributed by atoms with van der Waals surface area (Å²) in [5, 5.41) is 11.8. The molecule has 0 radical (unpaired) electrons. The van der Waals surface area contributed by atoms with Crippen molar-refractivity contribution in [3.8, 4) is 0 Å². The fourth-order valence-electron chi connectivity index (χ4n) is 5.67. The van der Waals surface area contributed by atoms with Crippen molar-refractivity contribution in [3.63, 3.8) is 0 Å². The predicted molar refractivity (Wildman–Crippen MR) is 154 cm³/mol. The largest absolute Gasteiger partial charge is 0.441 e. The van der Waals surface area contributed by atoms with Crippen LogP contribution in [0.15, 0.2) is 91.0 Å². The second-order valence-corrected chi connectivity index (χ2v) is 11.4. The summed E-state index contributed by atoms with van der Waals surface area (Å²) in [6, 6.07) is 29.8. The summed E-state index contributed by atoms with van der Waals surface area (Å²) < 4.78 is 12.3. The molecule has 3 aromatic rings. The van der Waals surface area contributed by atoms with Crippen LogP contribution in [0.5, 0.6) is 0 Å². The van der Waals surface area contributed by atoms with Gasteiger partial charge in [0.25, 0.3) is 0 Å².